The molecule has 0 atom stereocenters. The maximum Gasteiger partial charge on any atom is 0.164 e. The summed E-state index contributed by atoms with van der Waals surface area (Å²) >= 11 is 0. The van der Waals surface area contributed by atoms with Crippen LogP contribution in [0, 0.1) is 0 Å². The number of aromatic nitrogens is 3. The number of hydrogen-bond acceptors (Lipinski definition) is 3. The lowest BCUT2D eigenvalue weighted by Crippen LogP contribution is -2.15. The van der Waals surface area contributed by atoms with Crippen molar-refractivity contribution in [1.82, 2.24) is 15.0 Å². The van der Waals surface area contributed by atoms with E-state index in [4.69, 9.17) is 15.0 Å². The van der Waals surface area contributed by atoms with Gasteiger partial charge in [0.05, 0.1) is 0 Å². The zero-order valence-electron chi connectivity index (χ0n) is 27.6. The minimum atomic E-state index is -0.106. The van der Waals surface area contributed by atoms with Crippen LogP contribution in [0.15, 0.2) is 140 Å². The predicted molar refractivity (Wildman–Crippen MR) is 197 cm³/mol. The van der Waals surface area contributed by atoms with Crippen molar-refractivity contribution in [2.75, 3.05) is 0 Å². The normalized spacial score (nSPS) is 14.6. The average molecular weight is 618 g/mol. The molecule has 0 bridgehead atoms. The monoisotopic (exact) mass is 617 g/mol. The molecule has 0 N–H and O–H groups in total. The number of benzene rings is 6. The molecule has 1 heterocycles. The second kappa shape index (κ2) is 10.4. The SMILES string of the molecule is CC1(C)c2ccccc2-c2ccc(-c3ccc(-c4nc(-c5ccccc5)nc(-c5ccc6c(c5)C(C)(C)c5ccccc5-6)n4)cc3)cc21. The molecule has 0 spiro atoms. The first kappa shape index (κ1) is 28.5. The number of fused-ring (bicyclic) bond motifs is 6. The molecule has 2 aliphatic rings. The summed E-state index contributed by atoms with van der Waals surface area (Å²) in [5, 5.41) is 0. The summed E-state index contributed by atoms with van der Waals surface area (Å²) in [6.07, 6.45) is 0. The molecule has 3 nitrogen and oxygen atoms in total. The first-order chi connectivity index (χ1) is 23.3. The Kier molecular flexibility index (Phi) is 6.20. The maximum atomic E-state index is 5.09. The third-order valence-corrected chi connectivity index (χ3v) is 10.6. The molecule has 0 radical (unpaired) electrons. The van der Waals surface area contributed by atoms with Crippen molar-refractivity contribution < 1.29 is 0 Å². The molecule has 7 aromatic rings. The van der Waals surface area contributed by atoms with E-state index in [1.54, 1.807) is 0 Å². The lowest BCUT2D eigenvalue weighted by Gasteiger charge is -2.22. The Labute approximate surface area is 282 Å². The molecule has 0 unspecified atom stereocenters. The van der Waals surface area contributed by atoms with Gasteiger partial charge in [0, 0.05) is 27.5 Å². The molecule has 0 amide bonds. The molecule has 9 rings (SSSR count). The first-order valence-electron chi connectivity index (χ1n) is 16.7. The van der Waals surface area contributed by atoms with Gasteiger partial charge in [0.2, 0.25) is 0 Å². The summed E-state index contributed by atoms with van der Waals surface area (Å²) < 4.78 is 0. The molecule has 0 saturated carbocycles. The van der Waals surface area contributed by atoms with Crippen LogP contribution in [-0.2, 0) is 10.8 Å². The summed E-state index contributed by atoms with van der Waals surface area (Å²) in [7, 11) is 0. The lowest BCUT2D eigenvalue weighted by molar-refractivity contribution is 0.660. The molecule has 0 aliphatic heterocycles. The van der Waals surface area contributed by atoms with E-state index in [-0.39, 0.29) is 10.8 Å². The average Bonchev–Trinajstić information content (AvgIpc) is 3.51. The van der Waals surface area contributed by atoms with Gasteiger partial charge in [-0.1, -0.05) is 155 Å². The molecule has 230 valence electrons. The van der Waals surface area contributed by atoms with Gasteiger partial charge in [-0.15, -0.1) is 0 Å². The van der Waals surface area contributed by atoms with E-state index in [1.807, 2.05) is 18.2 Å². The first-order valence-corrected chi connectivity index (χ1v) is 16.7. The zero-order chi connectivity index (χ0) is 32.6. The lowest BCUT2D eigenvalue weighted by atomic mass is 9.81. The van der Waals surface area contributed by atoms with Crippen molar-refractivity contribution in [2.24, 2.45) is 0 Å². The Balaban J connectivity index is 1.11. The number of hydrogen-bond donors (Lipinski definition) is 0. The van der Waals surface area contributed by atoms with Crippen LogP contribution in [-0.4, -0.2) is 15.0 Å². The van der Waals surface area contributed by atoms with Crippen LogP contribution in [0.4, 0.5) is 0 Å². The van der Waals surface area contributed by atoms with E-state index >= 15 is 0 Å². The summed E-state index contributed by atoms with van der Waals surface area (Å²) in [5.74, 6) is 2.01. The van der Waals surface area contributed by atoms with Gasteiger partial charge in [-0.05, 0) is 67.8 Å². The minimum absolute atomic E-state index is 0.0352. The highest BCUT2D eigenvalue weighted by molar-refractivity contribution is 5.85. The maximum absolute atomic E-state index is 5.09. The highest BCUT2D eigenvalue weighted by atomic mass is 15.0. The fraction of sp³-hybridized carbons (Fsp3) is 0.133. The van der Waals surface area contributed by atoms with E-state index in [0.29, 0.717) is 17.5 Å². The van der Waals surface area contributed by atoms with Gasteiger partial charge in [-0.3, -0.25) is 0 Å². The van der Waals surface area contributed by atoms with Crippen molar-refractivity contribution in [1.29, 1.82) is 0 Å². The molecule has 2 aliphatic carbocycles. The smallest absolute Gasteiger partial charge is 0.164 e. The van der Waals surface area contributed by atoms with Crippen LogP contribution in [0.25, 0.3) is 67.5 Å². The molecular weight excluding hydrogens is 583 g/mol. The summed E-state index contributed by atoms with van der Waals surface area (Å²) in [5.41, 5.74) is 15.9. The topological polar surface area (TPSA) is 38.7 Å². The van der Waals surface area contributed by atoms with E-state index in [2.05, 4.69) is 149 Å². The predicted octanol–water partition coefficient (Wildman–Crippen LogP) is 11.2. The van der Waals surface area contributed by atoms with E-state index in [1.165, 1.54) is 55.6 Å². The van der Waals surface area contributed by atoms with Crippen molar-refractivity contribution in [3.05, 3.63) is 162 Å². The molecule has 48 heavy (non-hydrogen) atoms. The van der Waals surface area contributed by atoms with Crippen LogP contribution >= 0.6 is 0 Å². The number of nitrogens with zero attached hydrogens (tertiary/aromatic N) is 3. The van der Waals surface area contributed by atoms with Crippen LogP contribution in [0.3, 0.4) is 0 Å². The molecule has 6 aromatic carbocycles. The summed E-state index contributed by atoms with van der Waals surface area (Å²) in [4.78, 5) is 15.1. The van der Waals surface area contributed by atoms with Gasteiger partial charge >= 0.3 is 0 Å². The Bertz CT molecular complexity index is 2380. The fourth-order valence-electron chi connectivity index (χ4n) is 7.89. The van der Waals surface area contributed by atoms with Gasteiger partial charge in [0.25, 0.3) is 0 Å². The van der Waals surface area contributed by atoms with Gasteiger partial charge < -0.3 is 0 Å². The zero-order valence-corrected chi connectivity index (χ0v) is 27.6. The van der Waals surface area contributed by atoms with Gasteiger partial charge in [-0.2, -0.15) is 0 Å². The van der Waals surface area contributed by atoms with Crippen molar-refractivity contribution >= 4 is 0 Å². The Morgan fingerprint density at radius 1 is 0.312 bits per heavy atom. The van der Waals surface area contributed by atoms with Crippen LogP contribution in [0.2, 0.25) is 0 Å². The largest absolute Gasteiger partial charge is 0.208 e. The van der Waals surface area contributed by atoms with E-state index in [0.717, 1.165) is 16.7 Å². The van der Waals surface area contributed by atoms with E-state index < -0.39 is 0 Å². The molecular formula is C45H35N3. The minimum Gasteiger partial charge on any atom is -0.208 e. The second-order valence-corrected chi connectivity index (χ2v) is 14.1. The Morgan fingerprint density at radius 2 is 0.688 bits per heavy atom. The van der Waals surface area contributed by atoms with Crippen molar-refractivity contribution in [3.8, 4) is 67.5 Å². The summed E-state index contributed by atoms with van der Waals surface area (Å²) in [6, 6.07) is 49.9. The number of rotatable bonds is 4. The fourth-order valence-corrected chi connectivity index (χ4v) is 7.89. The third kappa shape index (κ3) is 4.31. The molecule has 3 heteroatoms. The third-order valence-electron chi connectivity index (χ3n) is 10.6. The standard InChI is InChI=1S/C45H35N3/c1-44(2)37-16-10-8-14-33(37)35-24-22-31(26-39(35)44)28-18-20-30(21-19-28)42-46-41(29-12-6-5-7-13-29)47-43(48-42)32-23-25-36-34-15-9-11-17-38(34)45(3,4)40(36)27-32/h5-27H,1-4H3. The van der Waals surface area contributed by atoms with Crippen LogP contribution in [0.1, 0.15) is 49.9 Å². The highest BCUT2D eigenvalue weighted by Gasteiger charge is 2.36. The van der Waals surface area contributed by atoms with Gasteiger partial charge in [-0.25, -0.2) is 15.0 Å². The molecule has 0 saturated heterocycles. The van der Waals surface area contributed by atoms with Gasteiger partial charge in [0.15, 0.2) is 17.5 Å². The van der Waals surface area contributed by atoms with Crippen molar-refractivity contribution in [3.63, 3.8) is 0 Å². The quantitative estimate of drug-likeness (QED) is 0.197. The Hall–Kier alpha value is -5.67. The molecule has 0 fully saturated rings. The van der Waals surface area contributed by atoms with Crippen LogP contribution < -0.4 is 0 Å². The van der Waals surface area contributed by atoms with E-state index in [9.17, 15) is 0 Å². The van der Waals surface area contributed by atoms with Crippen LogP contribution in [0.5, 0.6) is 0 Å². The Morgan fingerprint density at radius 3 is 1.25 bits per heavy atom. The van der Waals surface area contributed by atoms with Crippen molar-refractivity contribution in [2.45, 2.75) is 38.5 Å². The highest BCUT2D eigenvalue weighted by Crippen LogP contribution is 2.50. The molecule has 1 aromatic heterocycles. The summed E-state index contributed by atoms with van der Waals surface area (Å²) in [6.45, 7) is 9.26. The second-order valence-electron chi connectivity index (χ2n) is 14.1. The van der Waals surface area contributed by atoms with Gasteiger partial charge in [0.1, 0.15) is 0 Å².